The smallest absolute Gasteiger partial charge is 0.240 e. The fraction of sp³-hybridized carbons (Fsp3) is 0.462. The van der Waals surface area contributed by atoms with E-state index in [0.29, 0.717) is 0 Å². The third-order valence-electron chi connectivity index (χ3n) is 3.06. The van der Waals surface area contributed by atoms with Gasteiger partial charge in [-0.05, 0) is 32.9 Å². The number of carbonyl (C=O) groups excluding carboxylic acids is 1. The van der Waals surface area contributed by atoms with Gasteiger partial charge in [-0.1, -0.05) is 24.6 Å². The summed E-state index contributed by atoms with van der Waals surface area (Å²) in [6, 6.07) is 6.18. The highest BCUT2D eigenvalue weighted by Crippen LogP contribution is 2.13. The molecular weight excluding hydrogens is 250 g/mol. The fourth-order valence-corrected chi connectivity index (χ4v) is 2.81. The molecule has 100 valence electrons. The Morgan fingerprint density at radius 3 is 2.11 bits per heavy atom. The normalized spacial score (nSPS) is 15.1. The molecule has 0 bridgehead atoms. The van der Waals surface area contributed by atoms with E-state index in [0.717, 1.165) is 5.56 Å². The molecule has 0 radical (unpaired) electrons. The van der Waals surface area contributed by atoms with Crippen LogP contribution in [0, 0.1) is 12.8 Å². The number of Topliss-reactive ketones (excluding diaryl/α,β-unsaturated/α-hetero) is 1. The van der Waals surface area contributed by atoms with Crippen molar-refractivity contribution in [1.29, 1.82) is 0 Å². The Labute approximate surface area is 108 Å². The van der Waals surface area contributed by atoms with Crippen LogP contribution < -0.4 is 4.72 Å². The van der Waals surface area contributed by atoms with Crippen molar-refractivity contribution in [3.8, 4) is 0 Å². The molecule has 2 unspecified atom stereocenters. The second kappa shape index (κ2) is 5.63. The van der Waals surface area contributed by atoms with E-state index in [1.165, 1.54) is 6.92 Å². The first kappa shape index (κ1) is 14.9. The number of ketones is 1. The zero-order valence-corrected chi connectivity index (χ0v) is 11.9. The van der Waals surface area contributed by atoms with Gasteiger partial charge < -0.3 is 0 Å². The van der Waals surface area contributed by atoms with E-state index < -0.39 is 16.1 Å². The number of nitrogens with one attached hydrogen (secondary N) is 1. The first-order valence-corrected chi connectivity index (χ1v) is 7.32. The molecule has 0 spiro atoms. The predicted molar refractivity (Wildman–Crippen MR) is 70.8 cm³/mol. The van der Waals surface area contributed by atoms with Crippen LogP contribution in [0.2, 0.25) is 0 Å². The van der Waals surface area contributed by atoms with Gasteiger partial charge in [-0.2, -0.15) is 0 Å². The van der Waals surface area contributed by atoms with Crippen molar-refractivity contribution in [2.75, 3.05) is 0 Å². The van der Waals surface area contributed by atoms with E-state index in [-0.39, 0.29) is 16.6 Å². The molecule has 1 rings (SSSR count). The summed E-state index contributed by atoms with van der Waals surface area (Å²) in [7, 11) is -3.56. The van der Waals surface area contributed by atoms with Crippen LogP contribution >= 0.6 is 0 Å². The van der Waals surface area contributed by atoms with Gasteiger partial charge in [0.25, 0.3) is 0 Å². The largest absolute Gasteiger partial charge is 0.300 e. The Kier molecular flexibility index (Phi) is 4.65. The Balaban J connectivity index is 2.89. The summed E-state index contributed by atoms with van der Waals surface area (Å²) in [6.07, 6.45) is 0. The number of rotatable bonds is 5. The summed E-state index contributed by atoms with van der Waals surface area (Å²) in [5.74, 6) is -0.376. The molecule has 4 nitrogen and oxygen atoms in total. The van der Waals surface area contributed by atoms with Gasteiger partial charge in [0.1, 0.15) is 5.78 Å². The van der Waals surface area contributed by atoms with Gasteiger partial charge in [-0.25, -0.2) is 13.1 Å². The molecule has 0 amide bonds. The Hall–Kier alpha value is -1.20. The van der Waals surface area contributed by atoms with Crippen molar-refractivity contribution in [1.82, 2.24) is 4.72 Å². The number of hydrogen-bond acceptors (Lipinski definition) is 3. The van der Waals surface area contributed by atoms with Crippen LogP contribution in [0.5, 0.6) is 0 Å². The third kappa shape index (κ3) is 3.65. The fourth-order valence-electron chi connectivity index (χ4n) is 1.48. The van der Waals surface area contributed by atoms with Gasteiger partial charge in [0.15, 0.2) is 0 Å². The van der Waals surface area contributed by atoms with Crippen molar-refractivity contribution in [3.63, 3.8) is 0 Å². The SMILES string of the molecule is CC(=O)C(C)C(C)NS(=O)(=O)c1ccc(C)cc1. The van der Waals surface area contributed by atoms with Gasteiger partial charge in [0.05, 0.1) is 4.90 Å². The molecule has 0 fully saturated rings. The third-order valence-corrected chi connectivity index (χ3v) is 4.64. The summed E-state index contributed by atoms with van der Waals surface area (Å²) in [6.45, 7) is 6.76. The minimum absolute atomic E-state index is 0.0332. The summed E-state index contributed by atoms with van der Waals surface area (Å²) in [4.78, 5) is 11.4. The maximum atomic E-state index is 12.1. The Bertz CT molecular complexity index is 520. The van der Waals surface area contributed by atoms with E-state index in [9.17, 15) is 13.2 Å². The van der Waals surface area contributed by atoms with Crippen LogP contribution in [0.1, 0.15) is 26.3 Å². The highest BCUT2D eigenvalue weighted by molar-refractivity contribution is 7.89. The molecule has 0 aliphatic rings. The molecule has 0 saturated carbocycles. The maximum absolute atomic E-state index is 12.1. The van der Waals surface area contributed by atoms with Crippen LogP contribution in [-0.4, -0.2) is 20.2 Å². The summed E-state index contributed by atoms with van der Waals surface area (Å²) in [5.41, 5.74) is 0.999. The van der Waals surface area contributed by atoms with Crippen molar-refractivity contribution >= 4 is 15.8 Å². The first-order valence-electron chi connectivity index (χ1n) is 5.83. The number of hydrogen-bond donors (Lipinski definition) is 1. The molecule has 0 aliphatic carbocycles. The van der Waals surface area contributed by atoms with Crippen LogP contribution in [0.4, 0.5) is 0 Å². The van der Waals surface area contributed by atoms with Gasteiger partial charge in [-0.15, -0.1) is 0 Å². The Morgan fingerprint density at radius 1 is 1.17 bits per heavy atom. The minimum atomic E-state index is -3.56. The standard InChI is InChI=1S/C13H19NO3S/c1-9-5-7-13(8-6-9)18(16,17)14-11(3)10(2)12(4)15/h5-8,10-11,14H,1-4H3. The van der Waals surface area contributed by atoms with Crippen molar-refractivity contribution < 1.29 is 13.2 Å². The van der Waals surface area contributed by atoms with Gasteiger partial charge >= 0.3 is 0 Å². The van der Waals surface area contributed by atoms with Gasteiger partial charge in [-0.3, -0.25) is 4.79 Å². The lowest BCUT2D eigenvalue weighted by atomic mass is 10.0. The molecular formula is C13H19NO3S. The maximum Gasteiger partial charge on any atom is 0.240 e. The summed E-state index contributed by atoms with van der Waals surface area (Å²) < 4.78 is 26.6. The molecule has 0 saturated heterocycles. The number of aryl methyl sites for hydroxylation is 1. The first-order chi connectivity index (χ1) is 8.24. The Morgan fingerprint density at radius 2 is 1.67 bits per heavy atom. The molecule has 1 aromatic carbocycles. The number of benzene rings is 1. The van der Waals surface area contributed by atoms with E-state index in [1.807, 2.05) is 6.92 Å². The van der Waals surface area contributed by atoms with Crippen LogP contribution in [0.25, 0.3) is 0 Å². The molecule has 1 aromatic rings. The zero-order chi connectivity index (χ0) is 13.9. The van der Waals surface area contributed by atoms with E-state index in [2.05, 4.69) is 4.72 Å². The molecule has 5 heteroatoms. The zero-order valence-electron chi connectivity index (χ0n) is 11.1. The lowest BCUT2D eigenvalue weighted by Crippen LogP contribution is -2.39. The van der Waals surface area contributed by atoms with E-state index >= 15 is 0 Å². The average Bonchev–Trinajstić information content (AvgIpc) is 2.27. The van der Waals surface area contributed by atoms with Crippen LogP contribution in [0.3, 0.4) is 0 Å². The molecule has 0 heterocycles. The minimum Gasteiger partial charge on any atom is -0.300 e. The predicted octanol–water partition coefficient (Wildman–Crippen LogP) is 1.89. The molecule has 0 aromatic heterocycles. The molecule has 18 heavy (non-hydrogen) atoms. The lowest BCUT2D eigenvalue weighted by molar-refractivity contribution is -0.120. The van der Waals surface area contributed by atoms with Crippen molar-refractivity contribution in [2.24, 2.45) is 5.92 Å². The quantitative estimate of drug-likeness (QED) is 0.887. The van der Waals surface area contributed by atoms with Crippen LogP contribution in [0.15, 0.2) is 29.2 Å². The molecule has 0 aliphatic heterocycles. The monoisotopic (exact) mass is 269 g/mol. The van der Waals surface area contributed by atoms with Crippen LogP contribution in [-0.2, 0) is 14.8 Å². The van der Waals surface area contributed by atoms with Gasteiger partial charge in [0, 0.05) is 12.0 Å². The summed E-state index contributed by atoms with van der Waals surface area (Å²) in [5, 5.41) is 0. The van der Waals surface area contributed by atoms with Crippen molar-refractivity contribution in [3.05, 3.63) is 29.8 Å². The average molecular weight is 269 g/mol. The molecule has 2 atom stereocenters. The highest BCUT2D eigenvalue weighted by atomic mass is 32.2. The lowest BCUT2D eigenvalue weighted by Gasteiger charge is -2.18. The second-order valence-electron chi connectivity index (χ2n) is 4.62. The summed E-state index contributed by atoms with van der Waals surface area (Å²) >= 11 is 0. The van der Waals surface area contributed by atoms with Gasteiger partial charge in [0.2, 0.25) is 10.0 Å². The number of sulfonamides is 1. The topological polar surface area (TPSA) is 63.2 Å². The molecule has 1 N–H and O–H groups in total. The van der Waals surface area contributed by atoms with Crippen molar-refractivity contribution in [2.45, 2.75) is 38.6 Å². The second-order valence-corrected chi connectivity index (χ2v) is 6.34. The van der Waals surface area contributed by atoms with E-state index in [1.54, 1.807) is 38.1 Å². The van der Waals surface area contributed by atoms with E-state index in [4.69, 9.17) is 0 Å². The number of carbonyl (C=O) groups is 1. The highest BCUT2D eigenvalue weighted by Gasteiger charge is 2.23.